The van der Waals surface area contributed by atoms with E-state index in [1.807, 2.05) is 42.5 Å². The summed E-state index contributed by atoms with van der Waals surface area (Å²) in [5, 5.41) is 5.37. The molecule has 1 atom stereocenters. The molecule has 3 heterocycles. The van der Waals surface area contributed by atoms with E-state index in [0.717, 1.165) is 66.1 Å². The van der Waals surface area contributed by atoms with Crippen LogP contribution in [0.4, 0.5) is 0 Å². The van der Waals surface area contributed by atoms with Crippen LogP contribution in [0.5, 0.6) is 0 Å². The maximum absolute atomic E-state index is 5.99. The number of likely N-dealkylation sites (tertiary alicyclic amines) is 1. The second kappa shape index (κ2) is 6.01. The highest BCUT2D eigenvalue weighted by molar-refractivity contribution is 5.79. The smallest absolute Gasteiger partial charge is 0.199 e. The van der Waals surface area contributed by atoms with Gasteiger partial charge in [-0.3, -0.25) is 4.90 Å². The molecule has 0 radical (unpaired) electrons. The highest BCUT2D eigenvalue weighted by atomic mass is 16.5. The molecule has 4 aromatic rings. The predicted octanol–water partition coefficient (Wildman–Crippen LogP) is 4.35. The van der Waals surface area contributed by atoms with Gasteiger partial charge in [0, 0.05) is 24.4 Å². The zero-order valence-corrected chi connectivity index (χ0v) is 13.9. The fourth-order valence-electron chi connectivity index (χ4n) is 3.73. The Balaban J connectivity index is 1.37. The molecule has 0 saturated carbocycles. The third kappa shape index (κ3) is 2.70. The Hall–Kier alpha value is -2.66. The van der Waals surface area contributed by atoms with E-state index in [9.17, 15) is 0 Å². The standard InChI is InChI=1S/C20H19N3O2/c1-3-9-18-15(7-1)17(22-25-18)13-23-11-5-6-14(12-23)20-21-16-8-2-4-10-19(16)24-20/h1-4,7-10,14H,5-6,11-13H2. The lowest BCUT2D eigenvalue weighted by atomic mass is 9.97. The van der Waals surface area contributed by atoms with Crippen molar-refractivity contribution in [2.45, 2.75) is 25.3 Å². The van der Waals surface area contributed by atoms with Crippen molar-refractivity contribution < 1.29 is 8.94 Å². The minimum atomic E-state index is 0.333. The molecule has 1 aliphatic heterocycles. The quantitative estimate of drug-likeness (QED) is 0.558. The molecule has 1 saturated heterocycles. The van der Waals surface area contributed by atoms with E-state index >= 15 is 0 Å². The number of fused-ring (bicyclic) bond motifs is 2. The first-order chi connectivity index (χ1) is 12.4. The molecule has 5 rings (SSSR count). The number of nitrogens with zero attached hydrogens (tertiary/aromatic N) is 3. The van der Waals surface area contributed by atoms with Crippen molar-refractivity contribution in [1.82, 2.24) is 15.0 Å². The van der Waals surface area contributed by atoms with Crippen LogP contribution in [0.3, 0.4) is 0 Å². The van der Waals surface area contributed by atoms with Gasteiger partial charge in [-0.25, -0.2) is 4.98 Å². The number of hydrogen-bond donors (Lipinski definition) is 0. The number of piperidine rings is 1. The van der Waals surface area contributed by atoms with Gasteiger partial charge in [-0.05, 0) is 43.7 Å². The molecule has 1 unspecified atom stereocenters. The van der Waals surface area contributed by atoms with Crippen molar-refractivity contribution in [1.29, 1.82) is 0 Å². The summed E-state index contributed by atoms with van der Waals surface area (Å²) >= 11 is 0. The van der Waals surface area contributed by atoms with Crippen molar-refractivity contribution in [2.75, 3.05) is 13.1 Å². The summed E-state index contributed by atoms with van der Waals surface area (Å²) in [4.78, 5) is 7.11. The Morgan fingerprint density at radius 1 is 1.04 bits per heavy atom. The first-order valence-electron chi connectivity index (χ1n) is 8.78. The number of oxazole rings is 1. The van der Waals surface area contributed by atoms with Crippen molar-refractivity contribution in [2.24, 2.45) is 0 Å². The molecular weight excluding hydrogens is 314 g/mol. The predicted molar refractivity (Wildman–Crippen MR) is 95.3 cm³/mol. The van der Waals surface area contributed by atoms with Crippen LogP contribution in [0.15, 0.2) is 57.5 Å². The third-order valence-electron chi connectivity index (χ3n) is 4.99. The first kappa shape index (κ1) is 14.7. The summed E-state index contributed by atoms with van der Waals surface area (Å²) in [5.41, 5.74) is 3.67. The van der Waals surface area contributed by atoms with Gasteiger partial charge in [0.1, 0.15) is 11.2 Å². The number of hydrogen-bond acceptors (Lipinski definition) is 5. The van der Waals surface area contributed by atoms with Crippen molar-refractivity contribution in [3.8, 4) is 0 Å². The van der Waals surface area contributed by atoms with Crippen molar-refractivity contribution >= 4 is 22.1 Å². The molecule has 1 aliphatic rings. The molecule has 0 amide bonds. The lowest BCUT2D eigenvalue weighted by molar-refractivity contribution is 0.183. The minimum Gasteiger partial charge on any atom is -0.440 e. The van der Waals surface area contributed by atoms with Gasteiger partial charge < -0.3 is 8.94 Å². The molecule has 1 fully saturated rings. The fraction of sp³-hybridized carbons (Fsp3) is 0.300. The molecular formula is C20H19N3O2. The van der Waals surface area contributed by atoms with Crippen LogP contribution in [-0.2, 0) is 6.54 Å². The monoisotopic (exact) mass is 333 g/mol. The lowest BCUT2D eigenvalue weighted by Crippen LogP contribution is -2.34. The van der Waals surface area contributed by atoms with E-state index in [2.05, 4.69) is 16.1 Å². The summed E-state index contributed by atoms with van der Waals surface area (Å²) in [6.07, 6.45) is 2.25. The molecule has 2 aromatic carbocycles. The summed E-state index contributed by atoms with van der Waals surface area (Å²) in [7, 11) is 0. The molecule has 126 valence electrons. The van der Waals surface area contributed by atoms with E-state index in [4.69, 9.17) is 13.9 Å². The van der Waals surface area contributed by atoms with E-state index < -0.39 is 0 Å². The Bertz CT molecular complexity index is 987. The van der Waals surface area contributed by atoms with Crippen LogP contribution in [0.1, 0.15) is 30.3 Å². The van der Waals surface area contributed by atoms with Gasteiger partial charge in [-0.1, -0.05) is 29.4 Å². The Morgan fingerprint density at radius 2 is 1.88 bits per heavy atom. The first-order valence-corrected chi connectivity index (χ1v) is 8.78. The van der Waals surface area contributed by atoms with Crippen LogP contribution in [0.25, 0.3) is 22.1 Å². The third-order valence-corrected chi connectivity index (χ3v) is 4.99. The Kier molecular flexibility index (Phi) is 3.52. The summed E-state index contributed by atoms with van der Waals surface area (Å²) in [5.74, 6) is 1.19. The summed E-state index contributed by atoms with van der Waals surface area (Å²) < 4.78 is 11.4. The number of aromatic nitrogens is 2. The Labute approximate surface area is 145 Å². The normalized spacial score (nSPS) is 19.0. The van der Waals surface area contributed by atoms with Crippen LogP contribution in [-0.4, -0.2) is 28.1 Å². The average Bonchev–Trinajstić information content (AvgIpc) is 3.26. The zero-order chi connectivity index (χ0) is 16.6. The summed E-state index contributed by atoms with van der Waals surface area (Å²) in [6, 6.07) is 16.0. The van der Waals surface area contributed by atoms with Crippen molar-refractivity contribution in [3.05, 3.63) is 60.1 Å². The summed E-state index contributed by atoms with van der Waals surface area (Å²) in [6.45, 7) is 2.81. The highest BCUT2D eigenvalue weighted by Gasteiger charge is 2.26. The maximum atomic E-state index is 5.99. The number of rotatable bonds is 3. The molecule has 0 aliphatic carbocycles. The van der Waals surface area contributed by atoms with E-state index in [1.54, 1.807) is 0 Å². The van der Waals surface area contributed by atoms with Gasteiger partial charge in [0.15, 0.2) is 17.1 Å². The molecule has 2 aromatic heterocycles. The Morgan fingerprint density at radius 3 is 2.80 bits per heavy atom. The van der Waals surface area contributed by atoms with Crippen LogP contribution in [0.2, 0.25) is 0 Å². The molecule has 0 bridgehead atoms. The molecule has 0 N–H and O–H groups in total. The van der Waals surface area contributed by atoms with Gasteiger partial charge in [0.25, 0.3) is 0 Å². The average molecular weight is 333 g/mol. The molecule has 5 nitrogen and oxygen atoms in total. The van der Waals surface area contributed by atoms with Crippen LogP contribution in [0, 0.1) is 0 Å². The van der Waals surface area contributed by atoms with Crippen molar-refractivity contribution in [3.63, 3.8) is 0 Å². The van der Waals surface area contributed by atoms with E-state index in [0.29, 0.717) is 5.92 Å². The van der Waals surface area contributed by atoms with E-state index in [-0.39, 0.29) is 0 Å². The van der Waals surface area contributed by atoms with Crippen LogP contribution >= 0.6 is 0 Å². The molecule has 25 heavy (non-hydrogen) atoms. The lowest BCUT2D eigenvalue weighted by Gasteiger charge is -2.30. The minimum absolute atomic E-state index is 0.333. The van der Waals surface area contributed by atoms with Gasteiger partial charge in [0.2, 0.25) is 0 Å². The van der Waals surface area contributed by atoms with Gasteiger partial charge in [0.05, 0.1) is 0 Å². The highest BCUT2D eigenvalue weighted by Crippen LogP contribution is 2.30. The maximum Gasteiger partial charge on any atom is 0.199 e. The van der Waals surface area contributed by atoms with Gasteiger partial charge in [-0.15, -0.1) is 0 Å². The number of para-hydroxylation sites is 3. The topological polar surface area (TPSA) is 55.3 Å². The molecule has 5 heteroatoms. The van der Waals surface area contributed by atoms with E-state index in [1.165, 1.54) is 0 Å². The fourth-order valence-corrected chi connectivity index (χ4v) is 3.73. The van der Waals surface area contributed by atoms with Crippen LogP contribution < -0.4 is 0 Å². The second-order valence-electron chi connectivity index (χ2n) is 6.72. The largest absolute Gasteiger partial charge is 0.440 e. The zero-order valence-electron chi connectivity index (χ0n) is 13.9. The van der Waals surface area contributed by atoms with Gasteiger partial charge >= 0.3 is 0 Å². The number of benzene rings is 2. The molecule has 0 spiro atoms. The SMILES string of the molecule is c1ccc2oc(C3CCCN(Cc4noc5ccccc45)C3)nc2c1. The second-order valence-corrected chi connectivity index (χ2v) is 6.72. The van der Waals surface area contributed by atoms with Gasteiger partial charge in [-0.2, -0.15) is 0 Å².